The van der Waals surface area contributed by atoms with Gasteiger partial charge in [0, 0.05) is 22.5 Å². The van der Waals surface area contributed by atoms with Crippen molar-refractivity contribution in [3.05, 3.63) is 29.3 Å². The molecular formula is C11H14BrNO2. The van der Waals surface area contributed by atoms with Crippen LogP contribution in [0.1, 0.15) is 22.8 Å². The smallest absolute Gasteiger partial charge is 0.251 e. The van der Waals surface area contributed by atoms with Crippen LogP contribution in [-0.4, -0.2) is 22.4 Å². The van der Waals surface area contributed by atoms with Gasteiger partial charge in [0.25, 0.3) is 5.91 Å². The molecule has 0 saturated carbocycles. The van der Waals surface area contributed by atoms with Crippen molar-refractivity contribution in [2.45, 2.75) is 18.7 Å². The lowest BCUT2D eigenvalue weighted by atomic mass is 10.1. The Hall–Kier alpha value is -1.03. The van der Waals surface area contributed by atoms with Gasteiger partial charge in [0.05, 0.1) is 0 Å². The maximum Gasteiger partial charge on any atom is 0.251 e. The normalized spacial score (nSPS) is 12.2. The summed E-state index contributed by atoms with van der Waals surface area (Å²) in [5.74, 6) is -0.00996. The summed E-state index contributed by atoms with van der Waals surface area (Å²) in [7, 11) is 0. The Labute approximate surface area is 97.6 Å². The highest BCUT2D eigenvalue weighted by Gasteiger charge is 2.11. The Bertz CT molecular complexity index is 364. The average Bonchev–Trinajstić information content (AvgIpc) is 2.18. The number of phenolic OH excluding ortho intramolecular Hbond substituents is 1. The molecule has 1 aromatic carbocycles. The van der Waals surface area contributed by atoms with Crippen LogP contribution in [0, 0.1) is 6.92 Å². The van der Waals surface area contributed by atoms with Crippen molar-refractivity contribution in [1.82, 2.24) is 5.32 Å². The third kappa shape index (κ3) is 3.23. The lowest BCUT2D eigenvalue weighted by Crippen LogP contribution is -2.28. The molecule has 1 atom stereocenters. The van der Waals surface area contributed by atoms with Crippen LogP contribution in [0.3, 0.4) is 0 Å². The van der Waals surface area contributed by atoms with E-state index in [1.54, 1.807) is 25.1 Å². The zero-order valence-corrected chi connectivity index (χ0v) is 10.3. The van der Waals surface area contributed by atoms with Gasteiger partial charge < -0.3 is 10.4 Å². The number of hydrogen-bond acceptors (Lipinski definition) is 2. The molecule has 0 fully saturated rings. The van der Waals surface area contributed by atoms with Crippen molar-refractivity contribution in [2.75, 3.05) is 6.54 Å². The number of carbonyl (C=O) groups excluding carboxylic acids is 1. The Balaban J connectivity index is 2.78. The van der Waals surface area contributed by atoms with Crippen LogP contribution >= 0.6 is 15.9 Å². The van der Waals surface area contributed by atoms with Gasteiger partial charge in [0.1, 0.15) is 5.75 Å². The topological polar surface area (TPSA) is 49.3 Å². The molecule has 0 radical (unpaired) electrons. The molecule has 0 aromatic heterocycles. The van der Waals surface area contributed by atoms with Crippen LogP contribution in [0.15, 0.2) is 18.2 Å². The van der Waals surface area contributed by atoms with Gasteiger partial charge in [-0.1, -0.05) is 28.9 Å². The van der Waals surface area contributed by atoms with Crippen molar-refractivity contribution >= 4 is 21.8 Å². The molecule has 3 nitrogen and oxygen atoms in total. The van der Waals surface area contributed by atoms with Crippen LogP contribution < -0.4 is 5.32 Å². The van der Waals surface area contributed by atoms with Gasteiger partial charge in [-0.25, -0.2) is 0 Å². The van der Waals surface area contributed by atoms with Crippen molar-refractivity contribution in [3.8, 4) is 5.75 Å². The fourth-order valence-electron chi connectivity index (χ4n) is 1.20. The van der Waals surface area contributed by atoms with Crippen molar-refractivity contribution < 1.29 is 9.90 Å². The van der Waals surface area contributed by atoms with Crippen LogP contribution in [0.5, 0.6) is 5.75 Å². The van der Waals surface area contributed by atoms with Gasteiger partial charge >= 0.3 is 0 Å². The summed E-state index contributed by atoms with van der Waals surface area (Å²) >= 11 is 3.34. The van der Waals surface area contributed by atoms with E-state index in [4.69, 9.17) is 0 Å². The number of carbonyl (C=O) groups is 1. The Morgan fingerprint density at radius 2 is 2.27 bits per heavy atom. The monoisotopic (exact) mass is 271 g/mol. The van der Waals surface area contributed by atoms with E-state index in [1.807, 2.05) is 6.92 Å². The molecule has 2 N–H and O–H groups in total. The van der Waals surface area contributed by atoms with Gasteiger partial charge in [0.15, 0.2) is 0 Å². The molecule has 0 aliphatic carbocycles. The fraction of sp³-hybridized carbons (Fsp3) is 0.364. The fourth-order valence-corrected chi connectivity index (χ4v) is 1.36. The minimum absolute atomic E-state index is 0.148. The number of hydrogen-bond donors (Lipinski definition) is 2. The molecule has 15 heavy (non-hydrogen) atoms. The summed E-state index contributed by atoms with van der Waals surface area (Å²) in [5.41, 5.74) is 1.13. The van der Waals surface area contributed by atoms with E-state index in [2.05, 4.69) is 21.2 Å². The standard InChI is InChI=1S/C11H14BrNO2/c1-7(12)6-13-11(15)9-4-3-5-10(14)8(9)2/h3-5,7,14H,6H2,1-2H3,(H,13,15). The number of nitrogens with one attached hydrogen (secondary N) is 1. The number of phenols is 1. The van der Waals surface area contributed by atoms with Gasteiger partial charge in [-0.3, -0.25) is 4.79 Å². The minimum Gasteiger partial charge on any atom is -0.508 e. The summed E-state index contributed by atoms with van der Waals surface area (Å²) in [6.07, 6.45) is 0. The van der Waals surface area contributed by atoms with E-state index in [9.17, 15) is 9.90 Å². The van der Waals surface area contributed by atoms with E-state index in [-0.39, 0.29) is 16.5 Å². The lowest BCUT2D eigenvalue weighted by Gasteiger charge is -2.09. The van der Waals surface area contributed by atoms with E-state index >= 15 is 0 Å². The van der Waals surface area contributed by atoms with Crippen LogP contribution in [-0.2, 0) is 0 Å². The zero-order chi connectivity index (χ0) is 11.4. The molecule has 0 bridgehead atoms. The first kappa shape index (κ1) is 12.0. The Kier molecular flexibility index (Phi) is 4.15. The molecule has 0 aliphatic heterocycles. The average molecular weight is 272 g/mol. The van der Waals surface area contributed by atoms with Gasteiger partial charge in [-0.2, -0.15) is 0 Å². The molecule has 0 saturated heterocycles. The largest absolute Gasteiger partial charge is 0.508 e. The first-order chi connectivity index (χ1) is 7.02. The molecule has 82 valence electrons. The van der Waals surface area contributed by atoms with Crippen molar-refractivity contribution in [2.24, 2.45) is 0 Å². The molecule has 1 aromatic rings. The van der Waals surface area contributed by atoms with Gasteiger partial charge in [0.2, 0.25) is 0 Å². The van der Waals surface area contributed by atoms with E-state index in [0.29, 0.717) is 17.7 Å². The molecule has 1 rings (SSSR count). The molecule has 0 aliphatic rings. The van der Waals surface area contributed by atoms with Crippen LogP contribution in [0.2, 0.25) is 0 Å². The summed E-state index contributed by atoms with van der Waals surface area (Å²) < 4.78 is 0. The second kappa shape index (κ2) is 5.16. The predicted molar refractivity (Wildman–Crippen MR) is 63.6 cm³/mol. The summed E-state index contributed by atoms with van der Waals surface area (Å²) in [6, 6.07) is 4.93. The lowest BCUT2D eigenvalue weighted by molar-refractivity contribution is 0.0953. The van der Waals surface area contributed by atoms with E-state index < -0.39 is 0 Å². The highest BCUT2D eigenvalue weighted by atomic mass is 79.9. The number of benzene rings is 1. The van der Waals surface area contributed by atoms with E-state index in [0.717, 1.165) is 0 Å². The molecule has 0 spiro atoms. The van der Waals surface area contributed by atoms with Crippen molar-refractivity contribution in [3.63, 3.8) is 0 Å². The Morgan fingerprint density at radius 3 is 2.87 bits per heavy atom. The number of amides is 1. The van der Waals surface area contributed by atoms with Crippen LogP contribution in [0.4, 0.5) is 0 Å². The van der Waals surface area contributed by atoms with Crippen LogP contribution in [0.25, 0.3) is 0 Å². The molecule has 1 amide bonds. The summed E-state index contributed by atoms with van der Waals surface area (Å²) in [5, 5.41) is 12.2. The maximum absolute atomic E-state index is 11.7. The number of alkyl halides is 1. The molecule has 1 unspecified atom stereocenters. The quantitative estimate of drug-likeness (QED) is 0.829. The molecule has 0 heterocycles. The zero-order valence-electron chi connectivity index (χ0n) is 8.75. The predicted octanol–water partition coefficient (Wildman–Crippen LogP) is 2.21. The SMILES string of the molecule is Cc1c(O)cccc1C(=O)NCC(C)Br. The number of aromatic hydroxyl groups is 1. The highest BCUT2D eigenvalue weighted by Crippen LogP contribution is 2.19. The third-order valence-electron chi connectivity index (χ3n) is 2.09. The second-order valence-electron chi connectivity index (χ2n) is 3.44. The number of rotatable bonds is 3. The Morgan fingerprint density at radius 1 is 1.60 bits per heavy atom. The second-order valence-corrected chi connectivity index (χ2v) is 5.00. The third-order valence-corrected chi connectivity index (χ3v) is 2.42. The summed E-state index contributed by atoms with van der Waals surface area (Å²) in [6.45, 7) is 4.24. The minimum atomic E-state index is -0.158. The molecule has 4 heteroatoms. The van der Waals surface area contributed by atoms with Crippen molar-refractivity contribution in [1.29, 1.82) is 0 Å². The van der Waals surface area contributed by atoms with Gasteiger partial charge in [-0.05, 0) is 19.1 Å². The first-order valence-corrected chi connectivity index (χ1v) is 5.64. The molecular weight excluding hydrogens is 258 g/mol. The number of halogens is 1. The van der Waals surface area contributed by atoms with Gasteiger partial charge in [-0.15, -0.1) is 0 Å². The summed E-state index contributed by atoms with van der Waals surface area (Å²) in [4.78, 5) is 11.9. The first-order valence-electron chi connectivity index (χ1n) is 4.73. The highest BCUT2D eigenvalue weighted by molar-refractivity contribution is 9.09. The maximum atomic E-state index is 11.7. The van der Waals surface area contributed by atoms with E-state index in [1.165, 1.54) is 0 Å².